The van der Waals surface area contributed by atoms with Crippen molar-refractivity contribution in [3.05, 3.63) is 82.9 Å². The minimum Gasteiger partial charge on any atom is -0.481 e. The number of esters is 1. The lowest BCUT2D eigenvalue weighted by Crippen LogP contribution is -2.18. The maximum absolute atomic E-state index is 12.1. The molecule has 0 fully saturated rings. The average Bonchev–Trinajstić information content (AvgIpc) is 2.66. The Morgan fingerprint density at radius 1 is 0.741 bits per heavy atom. The summed E-state index contributed by atoms with van der Waals surface area (Å²) >= 11 is 0. The lowest BCUT2D eigenvalue weighted by Gasteiger charge is -2.13. The molecule has 0 atom stereocenters. The Hall–Kier alpha value is -3.07. The highest BCUT2D eigenvalue weighted by molar-refractivity contribution is 5.74. The van der Waals surface area contributed by atoms with Gasteiger partial charge in [0.05, 0.1) is 0 Å². The Balaban J connectivity index is 1.61. The van der Waals surface area contributed by atoms with Crippen molar-refractivity contribution in [2.24, 2.45) is 0 Å². The first-order valence-corrected chi connectivity index (χ1v) is 9.01. The van der Waals surface area contributed by atoms with E-state index in [-0.39, 0.29) is 6.61 Å². The molecule has 0 N–H and O–H groups in total. The van der Waals surface area contributed by atoms with Crippen LogP contribution in [0.15, 0.2) is 60.7 Å². The van der Waals surface area contributed by atoms with E-state index >= 15 is 0 Å². The van der Waals surface area contributed by atoms with Gasteiger partial charge in [0.15, 0.2) is 6.61 Å². The van der Waals surface area contributed by atoms with Gasteiger partial charge in [-0.15, -0.1) is 0 Å². The van der Waals surface area contributed by atoms with E-state index in [4.69, 9.17) is 9.47 Å². The lowest BCUT2D eigenvalue weighted by atomic mass is 10.0. The van der Waals surface area contributed by atoms with Crippen molar-refractivity contribution in [2.45, 2.75) is 27.7 Å². The van der Waals surface area contributed by atoms with Crippen molar-refractivity contribution in [3.8, 4) is 22.6 Å². The monoisotopic (exact) mass is 360 g/mol. The molecule has 0 saturated carbocycles. The maximum Gasteiger partial charge on any atom is 0.349 e. The summed E-state index contributed by atoms with van der Waals surface area (Å²) in [7, 11) is 0. The van der Waals surface area contributed by atoms with E-state index in [0.29, 0.717) is 5.75 Å². The Bertz CT molecular complexity index is 939. The molecule has 138 valence electrons. The summed E-state index contributed by atoms with van der Waals surface area (Å²) in [5, 5.41) is 0. The summed E-state index contributed by atoms with van der Waals surface area (Å²) in [6.45, 7) is 7.93. The van der Waals surface area contributed by atoms with Crippen LogP contribution in [0.5, 0.6) is 11.5 Å². The Morgan fingerprint density at radius 3 is 1.93 bits per heavy atom. The molecule has 0 aromatic heterocycles. The molecule has 0 heterocycles. The quantitative estimate of drug-likeness (QED) is 0.441. The van der Waals surface area contributed by atoms with E-state index in [1.54, 1.807) is 12.1 Å². The molecular weight excluding hydrogens is 336 g/mol. The van der Waals surface area contributed by atoms with Crippen LogP contribution >= 0.6 is 0 Å². The van der Waals surface area contributed by atoms with Crippen molar-refractivity contribution in [1.82, 2.24) is 0 Å². The second kappa shape index (κ2) is 8.09. The third-order valence-electron chi connectivity index (χ3n) is 4.68. The first-order valence-electron chi connectivity index (χ1n) is 9.01. The molecule has 0 aliphatic heterocycles. The predicted octanol–water partition coefficient (Wildman–Crippen LogP) is 5.57. The van der Waals surface area contributed by atoms with Gasteiger partial charge in [0.25, 0.3) is 0 Å². The fraction of sp³-hybridized carbons (Fsp3) is 0.208. The smallest absolute Gasteiger partial charge is 0.349 e. The zero-order chi connectivity index (χ0) is 19.4. The van der Waals surface area contributed by atoms with Gasteiger partial charge in [0.1, 0.15) is 11.5 Å². The molecule has 3 aromatic carbocycles. The van der Waals surface area contributed by atoms with Crippen LogP contribution in [0.3, 0.4) is 0 Å². The first kappa shape index (κ1) is 18.7. The zero-order valence-corrected chi connectivity index (χ0v) is 16.2. The molecule has 3 heteroatoms. The minimum atomic E-state index is -0.418. The van der Waals surface area contributed by atoms with Gasteiger partial charge in [0, 0.05) is 0 Å². The second-order valence-electron chi connectivity index (χ2n) is 6.81. The lowest BCUT2D eigenvalue weighted by molar-refractivity contribution is -0.136. The van der Waals surface area contributed by atoms with Crippen LogP contribution < -0.4 is 9.47 Å². The first-order chi connectivity index (χ1) is 12.9. The predicted molar refractivity (Wildman–Crippen MR) is 108 cm³/mol. The zero-order valence-electron chi connectivity index (χ0n) is 16.2. The van der Waals surface area contributed by atoms with Gasteiger partial charge >= 0.3 is 5.97 Å². The van der Waals surface area contributed by atoms with E-state index in [2.05, 4.69) is 31.2 Å². The van der Waals surface area contributed by atoms with Crippen LogP contribution in [0.4, 0.5) is 0 Å². The number of rotatable bonds is 5. The van der Waals surface area contributed by atoms with Crippen molar-refractivity contribution >= 4 is 5.97 Å². The van der Waals surface area contributed by atoms with Crippen LogP contribution in [0.2, 0.25) is 0 Å². The van der Waals surface area contributed by atoms with Crippen LogP contribution in [0.25, 0.3) is 11.1 Å². The summed E-state index contributed by atoms with van der Waals surface area (Å²) in [6, 6.07) is 19.9. The Kier molecular flexibility index (Phi) is 5.60. The number of carbonyl (C=O) groups excluding carboxylic acids is 1. The molecule has 0 amide bonds. The van der Waals surface area contributed by atoms with Crippen LogP contribution in [-0.2, 0) is 4.79 Å². The third-order valence-corrected chi connectivity index (χ3v) is 4.68. The van der Waals surface area contributed by atoms with E-state index in [9.17, 15) is 4.79 Å². The maximum atomic E-state index is 12.1. The molecule has 0 spiro atoms. The second-order valence-corrected chi connectivity index (χ2v) is 6.81. The van der Waals surface area contributed by atoms with Gasteiger partial charge in [-0.05, 0) is 67.6 Å². The van der Waals surface area contributed by atoms with Crippen molar-refractivity contribution < 1.29 is 14.3 Å². The topological polar surface area (TPSA) is 35.5 Å². The number of ether oxygens (including phenoxy) is 2. The van der Waals surface area contributed by atoms with Crippen molar-refractivity contribution in [2.75, 3.05) is 6.61 Å². The molecule has 0 aliphatic rings. The standard InChI is InChI=1S/C24H24O3/c1-16-5-9-20(10-6-16)21-11-13-22(14-12-21)27-23(25)15-26-24-18(3)8-7-17(2)19(24)4/h5-14H,15H2,1-4H3. The summed E-state index contributed by atoms with van der Waals surface area (Å²) in [6.07, 6.45) is 0. The van der Waals surface area contributed by atoms with Crippen LogP contribution in [0.1, 0.15) is 22.3 Å². The largest absolute Gasteiger partial charge is 0.481 e. The number of carbonyl (C=O) groups is 1. The van der Waals surface area contributed by atoms with Gasteiger partial charge in [-0.2, -0.15) is 0 Å². The Morgan fingerprint density at radius 2 is 1.30 bits per heavy atom. The number of hydrogen-bond acceptors (Lipinski definition) is 3. The van der Waals surface area contributed by atoms with Gasteiger partial charge in [-0.1, -0.05) is 54.1 Å². The van der Waals surface area contributed by atoms with Gasteiger partial charge in [-0.25, -0.2) is 4.79 Å². The molecular formula is C24H24O3. The molecule has 3 aromatic rings. The Labute approximate surface area is 160 Å². The number of aryl methyl sites for hydroxylation is 3. The SMILES string of the molecule is Cc1ccc(-c2ccc(OC(=O)COc3c(C)ccc(C)c3C)cc2)cc1. The molecule has 0 saturated heterocycles. The molecule has 27 heavy (non-hydrogen) atoms. The van der Waals surface area contributed by atoms with E-state index in [1.807, 2.05) is 45.0 Å². The van der Waals surface area contributed by atoms with Crippen LogP contribution in [0, 0.1) is 27.7 Å². The molecule has 0 aliphatic carbocycles. The van der Waals surface area contributed by atoms with Crippen molar-refractivity contribution in [3.63, 3.8) is 0 Å². The highest BCUT2D eigenvalue weighted by Crippen LogP contribution is 2.26. The summed E-state index contributed by atoms with van der Waals surface area (Å²) in [4.78, 5) is 12.1. The van der Waals surface area contributed by atoms with Gasteiger partial charge < -0.3 is 9.47 Å². The minimum absolute atomic E-state index is 0.120. The average molecular weight is 360 g/mol. The summed E-state index contributed by atoms with van der Waals surface area (Å²) in [5.74, 6) is 0.845. The highest BCUT2D eigenvalue weighted by Gasteiger charge is 2.11. The normalized spacial score (nSPS) is 10.5. The summed E-state index contributed by atoms with van der Waals surface area (Å²) in [5.41, 5.74) is 6.63. The van der Waals surface area contributed by atoms with E-state index in [1.165, 1.54) is 5.56 Å². The van der Waals surface area contributed by atoms with Gasteiger partial charge in [0.2, 0.25) is 0 Å². The van der Waals surface area contributed by atoms with E-state index in [0.717, 1.165) is 33.6 Å². The highest BCUT2D eigenvalue weighted by atomic mass is 16.6. The number of benzene rings is 3. The third kappa shape index (κ3) is 4.56. The van der Waals surface area contributed by atoms with Gasteiger partial charge in [-0.3, -0.25) is 0 Å². The van der Waals surface area contributed by atoms with Crippen molar-refractivity contribution in [1.29, 1.82) is 0 Å². The molecule has 0 bridgehead atoms. The molecule has 3 rings (SSSR count). The molecule has 0 unspecified atom stereocenters. The van der Waals surface area contributed by atoms with Crippen LogP contribution in [-0.4, -0.2) is 12.6 Å². The number of hydrogen-bond donors (Lipinski definition) is 0. The van der Waals surface area contributed by atoms with E-state index < -0.39 is 5.97 Å². The molecule has 3 nitrogen and oxygen atoms in total. The fourth-order valence-corrected chi connectivity index (χ4v) is 2.90. The summed E-state index contributed by atoms with van der Waals surface area (Å²) < 4.78 is 11.1. The fourth-order valence-electron chi connectivity index (χ4n) is 2.90. The molecule has 0 radical (unpaired) electrons.